The van der Waals surface area contributed by atoms with Gasteiger partial charge in [0.1, 0.15) is 6.61 Å². The van der Waals surface area contributed by atoms with Gasteiger partial charge >= 0.3 is 0 Å². The molecule has 104 valence electrons. The number of carbonyl (C=O) groups is 1. The van der Waals surface area contributed by atoms with Gasteiger partial charge in [0.05, 0.1) is 16.8 Å². The molecule has 2 aromatic carbocycles. The number of halogens is 1. The van der Waals surface area contributed by atoms with Gasteiger partial charge in [-0.25, -0.2) is 9.37 Å². The Labute approximate surface area is 121 Å². The van der Waals surface area contributed by atoms with Crippen LogP contribution in [0.4, 0.5) is 4.39 Å². The van der Waals surface area contributed by atoms with E-state index in [1.165, 1.54) is 18.2 Å². The van der Waals surface area contributed by atoms with E-state index in [2.05, 4.69) is 4.98 Å². The molecule has 0 spiro atoms. The number of para-hydroxylation sites is 2. The van der Waals surface area contributed by atoms with E-state index in [0.717, 1.165) is 10.9 Å². The first kappa shape index (κ1) is 13.2. The van der Waals surface area contributed by atoms with Crippen LogP contribution in [0.5, 0.6) is 5.75 Å². The third-order valence-electron chi connectivity index (χ3n) is 3.14. The minimum Gasteiger partial charge on any atom is -0.483 e. The molecule has 3 nitrogen and oxygen atoms in total. The Kier molecular flexibility index (Phi) is 3.60. The summed E-state index contributed by atoms with van der Waals surface area (Å²) in [5.41, 5.74) is 1.72. The Morgan fingerprint density at radius 3 is 2.76 bits per heavy atom. The Bertz CT molecular complexity index is 802. The molecule has 0 aliphatic heterocycles. The Morgan fingerprint density at radius 1 is 1.05 bits per heavy atom. The molecule has 0 N–H and O–H groups in total. The third-order valence-corrected chi connectivity index (χ3v) is 3.14. The largest absolute Gasteiger partial charge is 0.483 e. The number of rotatable bonds is 4. The van der Waals surface area contributed by atoms with Crippen molar-refractivity contribution >= 4 is 17.2 Å². The predicted molar refractivity (Wildman–Crippen MR) is 77.9 cm³/mol. The first-order chi connectivity index (χ1) is 10.3. The minimum absolute atomic E-state index is 0.0394. The number of ether oxygens (including phenoxy) is 1. The van der Waals surface area contributed by atoms with Crippen LogP contribution in [-0.2, 0) is 6.61 Å². The van der Waals surface area contributed by atoms with Gasteiger partial charge in [-0.05, 0) is 24.3 Å². The molecular formula is C17H12FNO2. The van der Waals surface area contributed by atoms with Crippen LogP contribution >= 0.6 is 0 Å². The fraction of sp³-hybridized carbons (Fsp3) is 0.0588. The molecule has 0 atom stereocenters. The number of hydrogen-bond acceptors (Lipinski definition) is 3. The van der Waals surface area contributed by atoms with Crippen molar-refractivity contribution in [1.82, 2.24) is 4.98 Å². The monoisotopic (exact) mass is 281 g/mol. The van der Waals surface area contributed by atoms with Gasteiger partial charge in [-0.2, -0.15) is 0 Å². The zero-order valence-electron chi connectivity index (χ0n) is 11.1. The van der Waals surface area contributed by atoms with E-state index in [9.17, 15) is 9.18 Å². The smallest absolute Gasteiger partial charge is 0.166 e. The maximum atomic E-state index is 13.7. The van der Waals surface area contributed by atoms with Crippen molar-refractivity contribution in [2.75, 3.05) is 0 Å². The Hall–Kier alpha value is -2.75. The molecule has 0 unspecified atom stereocenters. The van der Waals surface area contributed by atoms with Crippen molar-refractivity contribution in [2.24, 2.45) is 0 Å². The van der Waals surface area contributed by atoms with Crippen LogP contribution in [0.25, 0.3) is 10.9 Å². The van der Waals surface area contributed by atoms with Crippen LogP contribution in [0.15, 0.2) is 54.6 Å². The van der Waals surface area contributed by atoms with Crippen LogP contribution in [0.1, 0.15) is 16.1 Å². The summed E-state index contributed by atoms with van der Waals surface area (Å²) in [6, 6.07) is 15.7. The molecule has 3 aromatic rings. The molecule has 0 aliphatic rings. The molecule has 1 heterocycles. The molecule has 0 saturated carbocycles. The highest BCUT2D eigenvalue weighted by Gasteiger charge is 2.09. The lowest BCUT2D eigenvalue weighted by Gasteiger charge is -2.09. The summed E-state index contributed by atoms with van der Waals surface area (Å²) in [4.78, 5) is 15.3. The molecule has 21 heavy (non-hydrogen) atoms. The van der Waals surface area contributed by atoms with Crippen molar-refractivity contribution < 1.29 is 13.9 Å². The summed E-state index contributed by atoms with van der Waals surface area (Å²) in [5.74, 6) is -0.595. The fourth-order valence-corrected chi connectivity index (χ4v) is 2.11. The summed E-state index contributed by atoms with van der Waals surface area (Å²) >= 11 is 0. The van der Waals surface area contributed by atoms with E-state index in [1.807, 2.05) is 36.4 Å². The lowest BCUT2D eigenvalue weighted by atomic mass is 10.2. The lowest BCUT2D eigenvalue weighted by molar-refractivity contribution is 0.111. The second-order valence-electron chi connectivity index (χ2n) is 4.56. The zero-order chi connectivity index (χ0) is 14.7. The minimum atomic E-state index is -0.555. The van der Waals surface area contributed by atoms with Gasteiger partial charge < -0.3 is 4.74 Å². The van der Waals surface area contributed by atoms with Gasteiger partial charge in [0.25, 0.3) is 0 Å². The van der Waals surface area contributed by atoms with Gasteiger partial charge in [0.2, 0.25) is 0 Å². The molecule has 4 heteroatoms. The lowest BCUT2D eigenvalue weighted by Crippen LogP contribution is -2.02. The van der Waals surface area contributed by atoms with Crippen LogP contribution in [0.2, 0.25) is 0 Å². The number of aromatic nitrogens is 1. The van der Waals surface area contributed by atoms with Gasteiger partial charge in [-0.15, -0.1) is 0 Å². The second kappa shape index (κ2) is 5.71. The molecule has 0 saturated heterocycles. The van der Waals surface area contributed by atoms with E-state index < -0.39 is 5.82 Å². The first-order valence-corrected chi connectivity index (χ1v) is 6.49. The molecule has 3 rings (SSSR count). The van der Waals surface area contributed by atoms with Crippen LogP contribution < -0.4 is 4.74 Å². The van der Waals surface area contributed by atoms with E-state index in [4.69, 9.17) is 4.74 Å². The normalized spacial score (nSPS) is 10.5. The molecule has 1 aromatic heterocycles. The number of fused-ring (bicyclic) bond motifs is 1. The van der Waals surface area contributed by atoms with Crippen molar-refractivity contribution in [1.29, 1.82) is 0 Å². The van der Waals surface area contributed by atoms with Crippen LogP contribution in [-0.4, -0.2) is 11.3 Å². The van der Waals surface area contributed by atoms with Gasteiger partial charge in [0.15, 0.2) is 17.9 Å². The van der Waals surface area contributed by atoms with Crippen molar-refractivity contribution in [3.63, 3.8) is 0 Å². The maximum absolute atomic E-state index is 13.7. The molecule has 0 bridgehead atoms. The number of nitrogens with zero attached hydrogens (tertiary/aromatic N) is 1. The fourth-order valence-electron chi connectivity index (χ4n) is 2.11. The average Bonchev–Trinajstić information content (AvgIpc) is 2.53. The van der Waals surface area contributed by atoms with E-state index in [0.29, 0.717) is 12.0 Å². The standard InChI is InChI=1S/C17H12FNO2/c18-15-6-3-5-13(10-20)17(15)21-11-14-9-8-12-4-1-2-7-16(12)19-14/h1-10H,11H2. The van der Waals surface area contributed by atoms with Gasteiger partial charge in [-0.3, -0.25) is 4.79 Å². The zero-order valence-corrected chi connectivity index (χ0v) is 11.1. The first-order valence-electron chi connectivity index (χ1n) is 6.49. The Balaban J connectivity index is 1.85. The highest BCUT2D eigenvalue weighted by Crippen LogP contribution is 2.22. The number of pyridine rings is 1. The van der Waals surface area contributed by atoms with Crippen molar-refractivity contribution in [2.45, 2.75) is 6.61 Å². The average molecular weight is 281 g/mol. The van der Waals surface area contributed by atoms with Crippen molar-refractivity contribution in [3.8, 4) is 5.75 Å². The van der Waals surface area contributed by atoms with E-state index >= 15 is 0 Å². The molecule has 0 radical (unpaired) electrons. The summed E-state index contributed by atoms with van der Waals surface area (Å²) < 4.78 is 19.1. The van der Waals surface area contributed by atoms with Crippen molar-refractivity contribution in [3.05, 3.63) is 71.7 Å². The molecule has 0 amide bonds. The number of benzene rings is 2. The number of hydrogen-bond donors (Lipinski definition) is 0. The number of aldehydes is 1. The second-order valence-corrected chi connectivity index (χ2v) is 4.56. The van der Waals surface area contributed by atoms with Gasteiger partial charge in [0, 0.05) is 5.39 Å². The predicted octanol–water partition coefficient (Wildman–Crippen LogP) is 3.77. The highest BCUT2D eigenvalue weighted by atomic mass is 19.1. The van der Waals surface area contributed by atoms with E-state index in [1.54, 1.807) is 0 Å². The van der Waals surface area contributed by atoms with E-state index in [-0.39, 0.29) is 17.9 Å². The quantitative estimate of drug-likeness (QED) is 0.683. The SMILES string of the molecule is O=Cc1cccc(F)c1OCc1ccc2ccccc2n1. The number of carbonyl (C=O) groups excluding carboxylic acids is 1. The molecule has 0 fully saturated rings. The molecule has 0 aliphatic carbocycles. The Morgan fingerprint density at radius 2 is 1.90 bits per heavy atom. The third kappa shape index (κ3) is 2.74. The van der Waals surface area contributed by atoms with Crippen LogP contribution in [0, 0.1) is 5.82 Å². The summed E-state index contributed by atoms with van der Waals surface area (Å²) in [6.45, 7) is 0.104. The van der Waals surface area contributed by atoms with Gasteiger partial charge in [-0.1, -0.05) is 30.3 Å². The summed E-state index contributed by atoms with van der Waals surface area (Å²) in [6.07, 6.45) is 0.576. The summed E-state index contributed by atoms with van der Waals surface area (Å²) in [7, 11) is 0. The maximum Gasteiger partial charge on any atom is 0.166 e. The molecular weight excluding hydrogens is 269 g/mol. The summed E-state index contributed by atoms with van der Waals surface area (Å²) in [5, 5.41) is 1.03. The topological polar surface area (TPSA) is 39.2 Å². The van der Waals surface area contributed by atoms with Crippen LogP contribution in [0.3, 0.4) is 0 Å². The highest BCUT2D eigenvalue weighted by molar-refractivity contribution is 5.79.